The molecule has 0 saturated carbocycles. The first-order valence-electron chi connectivity index (χ1n) is 3.74. The van der Waals surface area contributed by atoms with Crippen LogP contribution >= 0.6 is 0 Å². The number of hydrogen-bond acceptors (Lipinski definition) is 3. The number of carbonyl (C=O) groups excluding carboxylic acids is 1. The molecule has 0 saturated heterocycles. The van der Waals surface area contributed by atoms with Gasteiger partial charge in [-0.05, 0) is 12.3 Å². The lowest BCUT2D eigenvalue weighted by Gasteiger charge is -2.23. The minimum absolute atomic E-state index is 0.311. The summed E-state index contributed by atoms with van der Waals surface area (Å²) in [6.45, 7) is 7.39. The number of ether oxygens (including phenoxy) is 1. The first-order valence-corrected chi connectivity index (χ1v) is 3.74. The Morgan fingerprint density at radius 1 is 1.55 bits per heavy atom. The maximum Gasteiger partial charge on any atom is 0.335 e. The van der Waals surface area contributed by atoms with Crippen LogP contribution in [-0.4, -0.2) is 23.8 Å². The highest BCUT2D eigenvalue weighted by Crippen LogP contribution is 2.19. The van der Waals surface area contributed by atoms with E-state index < -0.39 is 17.5 Å². The van der Waals surface area contributed by atoms with Crippen LogP contribution in [-0.2, 0) is 9.53 Å². The first kappa shape index (κ1) is 10.4. The molecule has 3 heteroatoms. The first-order chi connectivity index (χ1) is 4.89. The van der Waals surface area contributed by atoms with E-state index >= 15 is 0 Å². The molecule has 1 N–H and O–H groups in total. The van der Waals surface area contributed by atoms with E-state index in [4.69, 9.17) is 0 Å². The van der Waals surface area contributed by atoms with Gasteiger partial charge in [-0.3, -0.25) is 0 Å². The molecule has 11 heavy (non-hydrogen) atoms. The van der Waals surface area contributed by atoms with Crippen molar-refractivity contribution in [2.75, 3.05) is 6.61 Å². The van der Waals surface area contributed by atoms with Gasteiger partial charge in [-0.2, -0.15) is 0 Å². The van der Waals surface area contributed by atoms with E-state index in [1.165, 1.54) is 0 Å². The van der Waals surface area contributed by atoms with Crippen LogP contribution in [0.4, 0.5) is 0 Å². The summed E-state index contributed by atoms with van der Waals surface area (Å²) in [6, 6.07) is 0. The number of esters is 1. The fourth-order valence-electron chi connectivity index (χ4n) is 0.575. The quantitative estimate of drug-likeness (QED) is 0.612. The van der Waals surface area contributed by atoms with Crippen LogP contribution in [0.15, 0.2) is 0 Å². The Balaban J connectivity index is 4.03. The van der Waals surface area contributed by atoms with Crippen molar-refractivity contribution in [1.29, 1.82) is 0 Å². The molecule has 3 nitrogen and oxygen atoms in total. The standard InChI is InChI=1S/C8H16O3/c1-5-11-7(10)6(9)8(2,3)4/h6,9H,5H2,1-4H3/t6-/m1/s1. The Morgan fingerprint density at radius 2 is 2.00 bits per heavy atom. The number of carbonyl (C=O) groups is 1. The molecular formula is C8H16O3. The molecule has 0 aliphatic rings. The number of rotatable bonds is 2. The topological polar surface area (TPSA) is 46.5 Å². The molecule has 0 heterocycles. The van der Waals surface area contributed by atoms with Gasteiger partial charge in [0.15, 0.2) is 6.10 Å². The Morgan fingerprint density at radius 3 is 2.27 bits per heavy atom. The smallest absolute Gasteiger partial charge is 0.335 e. The third kappa shape index (κ3) is 3.37. The molecule has 0 aromatic rings. The highest BCUT2D eigenvalue weighted by molar-refractivity contribution is 5.75. The lowest BCUT2D eigenvalue weighted by atomic mass is 9.89. The van der Waals surface area contributed by atoms with Gasteiger partial charge >= 0.3 is 5.97 Å². The highest BCUT2D eigenvalue weighted by Gasteiger charge is 2.29. The summed E-state index contributed by atoms with van der Waals surface area (Å²) < 4.78 is 4.64. The van der Waals surface area contributed by atoms with E-state index in [0.717, 1.165) is 0 Å². The third-order valence-corrected chi connectivity index (χ3v) is 1.33. The predicted octanol–water partition coefficient (Wildman–Crippen LogP) is 0.956. The van der Waals surface area contributed by atoms with E-state index in [2.05, 4.69) is 4.74 Å². The van der Waals surface area contributed by atoms with Gasteiger partial charge in [0.25, 0.3) is 0 Å². The molecule has 0 unspecified atom stereocenters. The molecule has 0 rings (SSSR count). The molecule has 0 spiro atoms. The molecule has 0 aromatic heterocycles. The van der Waals surface area contributed by atoms with Crippen molar-refractivity contribution in [3.63, 3.8) is 0 Å². The molecule has 66 valence electrons. The van der Waals surface area contributed by atoms with Gasteiger partial charge in [0.1, 0.15) is 0 Å². The minimum atomic E-state index is -1.03. The zero-order valence-corrected chi connectivity index (χ0v) is 7.55. The Labute approximate surface area is 67.4 Å². The van der Waals surface area contributed by atoms with Gasteiger partial charge in [0, 0.05) is 0 Å². The zero-order chi connectivity index (χ0) is 9.07. The lowest BCUT2D eigenvalue weighted by Crippen LogP contribution is -2.35. The molecule has 0 bridgehead atoms. The van der Waals surface area contributed by atoms with E-state index in [9.17, 15) is 9.90 Å². The largest absolute Gasteiger partial charge is 0.464 e. The molecule has 0 aromatic carbocycles. The van der Waals surface area contributed by atoms with E-state index in [1.807, 2.05) is 0 Å². The minimum Gasteiger partial charge on any atom is -0.464 e. The van der Waals surface area contributed by atoms with Crippen LogP contribution in [0.1, 0.15) is 27.7 Å². The number of hydrogen-bond donors (Lipinski definition) is 1. The Bertz CT molecular complexity index is 135. The van der Waals surface area contributed by atoms with E-state index in [-0.39, 0.29) is 0 Å². The summed E-state index contributed by atoms with van der Waals surface area (Å²) in [4.78, 5) is 10.9. The van der Waals surface area contributed by atoms with Crippen molar-refractivity contribution >= 4 is 5.97 Å². The average Bonchev–Trinajstić information content (AvgIpc) is 1.85. The Kier molecular flexibility index (Phi) is 3.52. The molecule has 0 aliphatic carbocycles. The van der Waals surface area contributed by atoms with Crippen molar-refractivity contribution < 1.29 is 14.6 Å². The molecule has 0 amide bonds. The predicted molar refractivity (Wildman–Crippen MR) is 42.1 cm³/mol. The molecular weight excluding hydrogens is 144 g/mol. The van der Waals surface area contributed by atoms with Crippen LogP contribution in [0.25, 0.3) is 0 Å². The summed E-state index contributed by atoms with van der Waals surface area (Å²) in [6.07, 6.45) is -1.03. The van der Waals surface area contributed by atoms with Crippen molar-refractivity contribution in [1.82, 2.24) is 0 Å². The second-order valence-corrected chi connectivity index (χ2v) is 3.52. The van der Waals surface area contributed by atoms with Crippen molar-refractivity contribution in [2.24, 2.45) is 5.41 Å². The van der Waals surface area contributed by atoms with Crippen LogP contribution in [0.2, 0.25) is 0 Å². The molecule has 0 fully saturated rings. The summed E-state index contributed by atoms with van der Waals surface area (Å²) >= 11 is 0. The molecule has 0 radical (unpaired) electrons. The monoisotopic (exact) mass is 160 g/mol. The van der Waals surface area contributed by atoms with Gasteiger partial charge in [0.05, 0.1) is 6.61 Å². The fourth-order valence-corrected chi connectivity index (χ4v) is 0.575. The summed E-state index contributed by atoms with van der Waals surface area (Å²) in [5.74, 6) is -0.542. The normalized spacial score (nSPS) is 14.3. The maximum absolute atomic E-state index is 10.9. The van der Waals surface area contributed by atoms with Crippen LogP contribution in [0, 0.1) is 5.41 Å². The van der Waals surface area contributed by atoms with Gasteiger partial charge in [-0.25, -0.2) is 4.79 Å². The second-order valence-electron chi connectivity index (χ2n) is 3.52. The van der Waals surface area contributed by atoms with Gasteiger partial charge in [0.2, 0.25) is 0 Å². The SMILES string of the molecule is CCOC(=O)[C@@H](O)C(C)(C)C. The second kappa shape index (κ2) is 3.72. The summed E-state index contributed by atoms with van der Waals surface area (Å²) in [5.41, 5.74) is -0.438. The van der Waals surface area contributed by atoms with Crippen LogP contribution in [0.3, 0.4) is 0 Å². The van der Waals surface area contributed by atoms with Crippen molar-refractivity contribution in [3.8, 4) is 0 Å². The number of aliphatic hydroxyl groups excluding tert-OH is 1. The van der Waals surface area contributed by atoms with Gasteiger partial charge < -0.3 is 9.84 Å². The maximum atomic E-state index is 10.9. The van der Waals surface area contributed by atoms with Crippen LogP contribution in [0.5, 0.6) is 0 Å². The van der Waals surface area contributed by atoms with Crippen LogP contribution < -0.4 is 0 Å². The van der Waals surface area contributed by atoms with E-state index in [0.29, 0.717) is 6.61 Å². The van der Waals surface area contributed by atoms with Crippen molar-refractivity contribution in [3.05, 3.63) is 0 Å². The lowest BCUT2D eigenvalue weighted by molar-refractivity contribution is -0.158. The summed E-state index contributed by atoms with van der Waals surface area (Å²) in [5, 5.41) is 9.31. The third-order valence-electron chi connectivity index (χ3n) is 1.33. The molecule has 0 aliphatic heterocycles. The van der Waals surface area contributed by atoms with Gasteiger partial charge in [-0.1, -0.05) is 20.8 Å². The zero-order valence-electron chi connectivity index (χ0n) is 7.55. The number of aliphatic hydroxyl groups is 1. The average molecular weight is 160 g/mol. The fraction of sp³-hybridized carbons (Fsp3) is 0.875. The molecule has 1 atom stereocenters. The van der Waals surface area contributed by atoms with E-state index in [1.54, 1.807) is 27.7 Å². The highest BCUT2D eigenvalue weighted by atomic mass is 16.5. The summed E-state index contributed by atoms with van der Waals surface area (Å²) in [7, 11) is 0. The van der Waals surface area contributed by atoms with Crippen molar-refractivity contribution in [2.45, 2.75) is 33.8 Å². The van der Waals surface area contributed by atoms with Gasteiger partial charge in [-0.15, -0.1) is 0 Å². The Hall–Kier alpha value is -0.570.